The molecule has 3 aliphatic rings. The molecule has 2 atom stereocenters. The van der Waals surface area contributed by atoms with Crippen molar-refractivity contribution in [1.82, 2.24) is 14.9 Å². The maximum Gasteiger partial charge on any atom is 0.234 e. The Morgan fingerprint density at radius 1 is 1.35 bits per heavy atom. The van der Waals surface area contributed by atoms with Gasteiger partial charge in [0, 0.05) is 43.4 Å². The molecular weight excluding hydrogens is 330 g/mol. The highest BCUT2D eigenvalue weighted by molar-refractivity contribution is 5.80. The number of carbonyl (C=O) groups excluding carboxylic acids is 1. The minimum atomic E-state index is -0.290. The Bertz CT molecular complexity index is 740. The van der Waals surface area contributed by atoms with E-state index in [1.165, 1.54) is 0 Å². The lowest BCUT2D eigenvalue weighted by Crippen LogP contribution is -2.58. The van der Waals surface area contributed by atoms with Gasteiger partial charge in [-0.15, -0.1) is 0 Å². The molecule has 2 unspecified atom stereocenters. The SMILES string of the molecule is Cc1cnc(C#N)nc1N1CCC2C(CCCN2C(=O)C2CC(O)C2)C1. The summed E-state index contributed by atoms with van der Waals surface area (Å²) in [7, 11) is 0. The summed E-state index contributed by atoms with van der Waals surface area (Å²) in [6, 6.07) is 2.31. The number of hydrogen-bond donors (Lipinski definition) is 1. The molecule has 1 saturated carbocycles. The van der Waals surface area contributed by atoms with Gasteiger partial charge >= 0.3 is 0 Å². The van der Waals surface area contributed by atoms with E-state index >= 15 is 0 Å². The van der Waals surface area contributed by atoms with Gasteiger partial charge in [0.2, 0.25) is 11.7 Å². The number of aromatic nitrogens is 2. The van der Waals surface area contributed by atoms with Crippen molar-refractivity contribution in [3.8, 4) is 6.07 Å². The van der Waals surface area contributed by atoms with Crippen LogP contribution in [0.1, 0.15) is 43.5 Å². The van der Waals surface area contributed by atoms with Crippen LogP contribution < -0.4 is 4.90 Å². The smallest absolute Gasteiger partial charge is 0.234 e. The number of likely N-dealkylation sites (tertiary alicyclic amines) is 1. The Morgan fingerprint density at radius 2 is 2.15 bits per heavy atom. The second-order valence-electron chi connectivity index (χ2n) is 7.87. The number of amides is 1. The van der Waals surface area contributed by atoms with E-state index in [1.807, 2.05) is 13.0 Å². The van der Waals surface area contributed by atoms with Crippen LogP contribution in [-0.2, 0) is 4.79 Å². The first-order valence-electron chi connectivity index (χ1n) is 9.54. The molecule has 1 amide bonds. The Labute approximate surface area is 153 Å². The molecule has 0 spiro atoms. The lowest BCUT2D eigenvalue weighted by Gasteiger charge is -2.49. The fourth-order valence-electron chi connectivity index (χ4n) is 4.70. The van der Waals surface area contributed by atoms with Crippen LogP contribution in [0.5, 0.6) is 0 Å². The molecule has 1 aliphatic carbocycles. The summed E-state index contributed by atoms with van der Waals surface area (Å²) in [6.07, 6.45) is 5.74. The molecule has 1 aromatic rings. The summed E-state index contributed by atoms with van der Waals surface area (Å²) in [5.41, 5.74) is 0.981. The number of carbonyl (C=O) groups is 1. The van der Waals surface area contributed by atoms with E-state index in [4.69, 9.17) is 5.26 Å². The minimum absolute atomic E-state index is 0.0177. The monoisotopic (exact) mass is 355 g/mol. The number of aliphatic hydroxyl groups is 1. The third-order valence-corrected chi connectivity index (χ3v) is 6.16. The van der Waals surface area contributed by atoms with E-state index < -0.39 is 0 Å². The molecule has 3 fully saturated rings. The van der Waals surface area contributed by atoms with Gasteiger partial charge in [0.1, 0.15) is 11.9 Å². The zero-order valence-electron chi connectivity index (χ0n) is 15.1. The van der Waals surface area contributed by atoms with E-state index in [0.717, 1.165) is 50.3 Å². The molecule has 0 bridgehead atoms. The number of rotatable bonds is 2. The third-order valence-electron chi connectivity index (χ3n) is 6.16. The van der Waals surface area contributed by atoms with Crippen molar-refractivity contribution >= 4 is 11.7 Å². The van der Waals surface area contributed by atoms with Gasteiger partial charge in [-0.2, -0.15) is 5.26 Å². The van der Waals surface area contributed by atoms with Gasteiger partial charge in [-0.05, 0) is 44.9 Å². The van der Waals surface area contributed by atoms with E-state index in [0.29, 0.717) is 24.8 Å². The van der Waals surface area contributed by atoms with Crippen molar-refractivity contribution in [2.24, 2.45) is 11.8 Å². The summed E-state index contributed by atoms with van der Waals surface area (Å²) < 4.78 is 0. The van der Waals surface area contributed by atoms with Crippen LogP contribution in [0.2, 0.25) is 0 Å². The maximum atomic E-state index is 12.8. The number of nitriles is 1. The van der Waals surface area contributed by atoms with Crippen molar-refractivity contribution in [3.63, 3.8) is 0 Å². The Hall–Kier alpha value is -2.20. The van der Waals surface area contributed by atoms with Crippen molar-refractivity contribution < 1.29 is 9.90 Å². The normalized spacial score (nSPS) is 31.0. The van der Waals surface area contributed by atoms with Crippen LogP contribution in [0.25, 0.3) is 0 Å². The number of fused-ring (bicyclic) bond motifs is 1. The Kier molecular flexibility index (Phi) is 4.53. The van der Waals surface area contributed by atoms with Crippen molar-refractivity contribution in [2.45, 2.75) is 51.2 Å². The quantitative estimate of drug-likeness (QED) is 0.858. The lowest BCUT2D eigenvalue weighted by molar-refractivity contribution is -0.148. The second-order valence-corrected chi connectivity index (χ2v) is 7.87. The van der Waals surface area contributed by atoms with Crippen molar-refractivity contribution in [2.75, 3.05) is 24.5 Å². The molecule has 7 nitrogen and oxygen atoms in total. The van der Waals surface area contributed by atoms with Crippen LogP contribution in [-0.4, -0.2) is 57.7 Å². The number of hydrogen-bond acceptors (Lipinski definition) is 6. The van der Waals surface area contributed by atoms with Crippen LogP contribution in [0.3, 0.4) is 0 Å². The lowest BCUT2D eigenvalue weighted by atomic mass is 9.78. The molecule has 0 aromatic carbocycles. The topological polar surface area (TPSA) is 93.4 Å². The number of nitrogens with zero attached hydrogens (tertiary/aromatic N) is 5. The third kappa shape index (κ3) is 3.03. The Morgan fingerprint density at radius 3 is 2.88 bits per heavy atom. The van der Waals surface area contributed by atoms with Gasteiger partial charge in [-0.1, -0.05) is 0 Å². The van der Waals surface area contributed by atoms with E-state index in [-0.39, 0.29) is 23.8 Å². The largest absolute Gasteiger partial charge is 0.393 e. The van der Waals surface area contributed by atoms with Crippen LogP contribution in [0.4, 0.5) is 5.82 Å². The fourth-order valence-corrected chi connectivity index (χ4v) is 4.70. The molecule has 1 aromatic heterocycles. The Balaban J connectivity index is 1.48. The van der Waals surface area contributed by atoms with Gasteiger partial charge < -0.3 is 14.9 Å². The maximum absolute atomic E-state index is 12.8. The predicted molar refractivity (Wildman–Crippen MR) is 95.3 cm³/mol. The highest BCUT2D eigenvalue weighted by atomic mass is 16.3. The number of piperidine rings is 2. The van der Waals surface area contributed by atoms with Gasteiger partial charge in [-0.25, -0.2) is 9.97 Å². The summed E-state index contributed by atoms with van der Waals surface area (Å²) in [6.45, 7) is 4.52. The van der Waals surface area contributed by atoms with Gasteiger partial charge in [0.25, 0.3) is 0 Å². The minimum Gasteiger partial charge on any atom is -0.393 e. The molecule has 7 heteroatoms. The van der Waals surface area contributed by atoms with Crippen molar-refractivity contribution in [1.29, 1.82) is 5.26 Å². The molecule has 1 N–H and O–H groups in total. The van der Waals surface area contributed by atoms with Gasteiger partial charge in [0.05, 0.1) is 6.10 Å². The predicted octanol–water partition coefficient (Wildman–Crippen LogP) is 1.24. The first-order chi connectivity index (χ1) is 12.6. The average molecular weight is 355 g/mol. The molecule has 4 rings (SSSR count). The molecule has 26 heavy (non-hydrogen) atoms. The number of anilines is 1. The first-order valence-corrected chi connectivity index (χ1v) is 9.54. The van der Waals surface area contributed by atoms with Crippen molar-refractivity contribution in [3.05, 3.63) is 17.6 Å². The average Bonchev–Trinajstić information content (AvgIpc) is 2.64. The molecule has 2 aliphatic heterocycles. The van der Waals surface area contributed by atoms with Gasteiger partial charge in [0.15, 0.2) is 0 Å². The zero-order valence-corrected chi connectivity index (χ0v) is 15.1. The highest BCUT2D eigenvalue weighted by Gasteiger charge is 2.43. The molecule has 0 radical (unpaired) electrons. The second kappa shape index (κ2) is 6.84. The summed E-state index contributed by atoms with van der Waals surface area (Å²) in [4.78, 5) is 25.6. The summed E-state index contributed by atoms with van der Waals surface area (Å²) in [5, 5.41) is 18.6. The zero-order chi connectivity index (χ0) is 18.3. The molecule has 138 valence electrons. The van der Waals surface area contributed by atoms with E-state index in [2.05, 4.69) is 19.8 Å². The molecule has 3 heterocycles. The standard InChI is InChI=1S/C19H25N5O2/c1-12-10-21-17(9-20)22-18(12)23-6-4-16-13(11-23)3-2-5-24(16)19(26)14-7-15(25)8-14/h10,13-16,25H,2-8,11H2,1H3. The molecule has 2 saturated heterocycles. The summed E-state index contributed by atoms with van der Waals surface area (Å²) in [5.74, 6) is 1.75. The number of aryl methyl sites for hydroxylation is 1. The van der Waals surface area contributed by atoms with Crippen LogP contribution >= 0.6 is 0 Å². The van der Waals surface area contributed by atoms with Crippen LogP contribution in [0, 0.1) is 30.1 Å². The number of aliphatic hydroxyl groups excluding tert-OH is 1. The molecular formula is C19H25N5O2. The van der Waals surface area contributed by atoms with Crippen LogP contribution in [0.15, 0.2) is 6.20 Å². The van der Waals surface area contributed by atoms with Gasteiger partial charge in [-0.3, -0.25) is 4.79 Å². The fraction of sp³-hybridized carbons (Fsp3) is 0.684. The highest BCUT2D eigenvalue weighted by Crippen LogP contribution is 2.36. The van der Waals surface area contributed by atoms with E-state index in [1.54, 1.807) is 6.20 Å². The summed E-state index contributed by atoms with van der Waals surface area (Å²) >= 11 is 0. The van der Waals surface area contributed by atoms with E-state index in [9.17, 15) is 9.90 Å². The first kappa shape index (κ1) is 17.2.